The Balaban J connectivity index is 1.56. The van der Waals surface area contributed by atoms with Gasteiger partial charge in [-0.05, 0) is 79.4 Å². The van der Waals surface area contributed by atoms with Gasteiger partial charge in [-0.3, -0.25) is 4.90 Å². The second kappa shape index (κ2) is 7.54. The molecular formula is C24H26N2O2S. The molecule has 5 rings (SSSR count). The van der Waals surface area contributed by atoms with Crippen LogP contribution in [0, 0.1) is 6.92 Å². The van der Waals surface area contributed by atoms with E-state index in [1.54, 1.807) is 12.1 Å². The van der Waals surface area contributed by atoms with Crippen LogP contribution in [-0.2, 0) is 0 Å². The molecule has 1 aromatic heterocycles. The molecule has 0 radical (unpaired) electrons. The average Bonchev–Trinajstić information content (AvgIpc) is 3.24. The molecule has 2 aromatic carbocycles. The molecule has 5 heteroatoms. The van der Waals surface area contributed by atoms with E-state index in [-0.39, 0.29) is 0 Å². The lowest BCUT2D eigenvalue weighted by atomic mass is 9.89. The fraction of sp³-hybridized carbons (Fsp3) is 0.375. The second-order valence-corrected chi connectivity index (χ2v) is 9.34. The molecule has 1 fully saturated rings. The molecule has 0 saturated carbocycles. The summed E-state index contributed by atoms with van der Waals surface area (Å²) in [7, 11) is 0. The minimum atomic E-state index is -0.861. The van der Waals surface area contributed by atoms with Crippen molar-refractivity contribution in [2.45, 2.75) is 49.6 Å². The molecule has 0 bridgehead atoms. The first-order valence-corrected chi connectivity index (χ1v) is 11.4. The number of hydrogen-bond donors (Lipinski definition) is 2. The number of carbonyl (C=O) groups is 1. The van der Waals surface area contributed by atoms with E-state index in [9.17, 15) is 9.90 Å². The van der Waals surface area contributed by atoms with Crippen molar-refractivity contribution >= 4 is 28.6 Å². The maximum absolute atomic E-state index is 11.2. The maximum Gasteiger partial charge on any atom is 0.335 e. The number of aromatic carboxylic acids is 1. The average molecular weight is 407 g/mol. The molecule has 0 amide bonds. The summed E-state index contributed by atoms with van der Waals surface area (Å²) in [4.78, 5) is 18.8. The molecule has 2 atom stereocenters. The Labute approximate surface area is 175 Å². The highest BCUT2D eigenvalue weighted by Gasteiger charge is 2.35. The first kappa shape index (κ1) is 18.8. The van der Waals surface area contributed by atoms with Gasteiger partial charge in [-0.15, -0.1) is 11.8 Å². The zero-order chi connectivity index (χ0) is 20.0. The van der Waals surface area contributed by atoms with E-state index >= 15 is 0 Å². The number of hydrogen-bond acceptors (Lipinski definition) is 3. The number of fused-ring (bicyclic) bond motifs is 3. The van der Waals surface area contributed by atoms with Gasteiger partial charge in [0.2, 0.25) is 0 Å². The van der Waals surface area contributed by atoms with Crippen LogP contribution in [0.4, 0.5) is 0 Å². The molecule has 0 spiro atoms. The number of thioether (sulfide) groups is 1. The summed E-state index contributed by atoms with van der Waals surface area (Å²) in [6.45, 7) is 3.29. The quantitative estimate of drug-likeness (QED) is 0.565. The summed E-state index contributed by atoms with van der Waals surface area (Å²) in [5.41, 5.74) is 5.66. The predicted octanol–water partition coefficient (Wildman–Crippen LogP) is 5.94. The van der Waals surface area contributed by atoms with Gasteiger partial charge in [0.15, 0.2) is 0 Å². The number of nitrogens with one attached hydrogen (secondary N) is 1. The normalized spacial score (nSPS) is 22.5. The van der Waals surface area contributed by atoms with Crippen LogP contribution in [0.3, 0.4) is 0 Å². The lowest BCUT2D eigenvalue weighted by Gasteiger charge is -2.44. The summed E-state index contributed by atoms with van der Waals surface area (Å²) in [5, 5.41) is 10.6. The molecule has 150 valence electrons. The molecule has 4 nitrogen and oxygen atoms in total. The Morgan fingerprint density at radius 3 is 2.76 bits per heavy atom. The molecule has 1 saturated heterocycles. The fourth-order valence-electron chi connectivity index (χ4n) is 5.15. The number of aryl methyl sites for hydroxylation is 1. The van der Waals surface area contributed by atoms with Crippen molar-refractivity contribution in [3.8, 4) is 0 Å². The van der Waals surface area contributed by atoms with Gasteiger partial charge in [0.1, 0.15) is 0 Å². The van der Waals surface area contributed by atoms with Crippen LogP contribution in [0.1, 0.15) is 64.8 Å². The number of carboxylic acids is 1. The topological polar surface area (TPSA) is 56.3 Å². The predicted molar refractivity (Wildman–Crippen MR) is 118 cm³/mol. The summed E-state index contributed by atoms with van der Waals surface area (Å²) in [6.07, 6.45) is 6.80. The monoisotopic (exact) mass is 406 g/mol. The number of likely N-dealkylation sites (tertiary alicyclic amines) is 1. The zero-order valence-electron chi connectivity index (χ0n) is 16.6. The van der Waals surface area contributed by atoms with Gasteiger partial charge >= 0.3 is 5.97 Å². The third-order valence-electron chi connectivity index (χ3n) is 6.51. The van der Waals surface area contributed by atoms with Crippen molar-refractivity contribution in [3.05, 3.63) is 64.8 Å². The summed E-state index contributed by atoms with van der Waals surface area (Å²) in [5.74, 6) is 0.286. The first-order valence-electron chi connectivity index (χ1n) is 10.5. The van der Waals surface area contributed by atoms with Gasteiger partial charge in [0.05, 0.1) is 5.56 Å². The van der Waals surface area contributed by atoms with Crippen molar-refractivity contribution in [1.29, 1.82) is 0 Å². The largest absolute Gasteiger partial charge is 0.478 e. The third-order valence-corrected chi connectivity index (χ3v) is 7.60. The Kier molecular flexibility index (Phi) is 4.88. The van der Waals surface area contributed by atoms with Crippen molar-refractivity contribution in [2.24, 2.45) is 0 Å². The Hall–Kier alpha value is -2.24. The van der Waals surface area contributed by atoms with Gasteiger partial charge in [-0.2, -0.15) is 0 Å². The highest BCUT2D eigenvalue weighted by molar-refractivity contribution is 7.99. The van der Waals surface area contributed by atoms with Gasteiger partial charge in [-0.25, -0.2) is 4.79 Å². The highest BCUT2D eigenvalue weighted by Crippen LogP contribution is 2.48. The zero-order valence-corrected chi connectivity index (χ0v) is 17.5. The number of H-pyrrole nitrogens is 1. The van der Waals surface area contributed by atoms with E-state index in [1.807, 2.05) is 23.9 Å². The number of aromatic nitrogens is 1. The maximum atomic E-state index is 11.2. The molecule has 2 N–H and O–H groups in total. The number of piperidine rings is 1. The molecular weight excluding hydrogens is 380 g/mol. The van der Waals surface area contributed by atoms with Crippen molar-refractivity contribution in [3.63, 3.8) is 0 Å². The van der Waals surface area contributed by atoms with Crippen molar-refractivity contribution in [2.75, 3.05) is 12.3 Å². The molecule has 29 heavy (non-hydrogen) atoms. The lowest BCUT2D eigenvalue weighted by Crippen LogP contribution is -2.38. The van der Waals surface area contributed by atoms with E-state index < -0.39 is 5.97 Å². The van der Waals surface area contributed by atoms with Gasteiger partial charge in [0, 0.05) is 34.1 Å². The Morgan fingerprint density at radius 1 is 1.14 bits per heavy atom. The number of carboxylic acid groups (broad SMARTS) is 1. The number of aromatic amines is 1. The highest BCUT2D eigenvalue weighted by atomic mass is 32.2. The van der Waals surface area contributed by atoms with Crippen LogP contribution >= 0.6 is 11.8 Å². The van der Waals surface area contributed by atoms with E-state index in [0.717, 1.165) is 25.1 Å². The molecule has 1 unspecified atom stereocenters. The molecule has 0 aliphatic carbocycles. The van der Waals surface area contributed by atoms with E-state index in [1.165, 1.54) is 45.3 Å². The van der Waals surface area contributed by atoms with Gasteiger partial charge < -0.3 is 10.1 Å². The Morgan fingerprint density at radius 2 is 1.97 bits per heavy atom. The first-order chi connectivity index (χ1) is 14.1. The van der Waals surface area contributed by atoms with E-state index in [4.69, 9.17) is 0 Å². The molecule has 3 heterocycles. The standard InChI is InChI=1S/C24H26N2O2S/c1-15-14-21-22(18-9-11-25-23(15)18)20(10-13-29-21)26-12-3-2-4-19(26)16-5-7-17(8-6-16)24(27)28/h5-9,11,14,19-20,25H,2-4,10,12-13H2,1H3,(H,27,28)/t19-,20?/m0/s1. The number of benzene rings is 2. The third kappa shape index (κ3) is 3.26. The fourth-order valence-corrected chi connectivity index (χ4v) is 6.37. The van der Waals surface area contributed by atoms with Crippen LogP contribution in [-0.4, -0.2) is 33.3 Å². The van der Waals surface area contributed by atoms with E-state index in [0.29, 0.717) is 17.6 Å². The molecule has 2 aliphatic rings. The van der Waals surface area contributed by atoms with Crippen molar-refractivity contribution in [1.82, 2.24) is 9.88 Å². The smallest absolute Gasteiger partial charge is 0.335 e. The number of rotatable bonds is 3. The van der Waals surface area contributed by atoms with Gasteiger partial charge in [0.25, 0.3) is 0 Å². The molecule has 2 aliphatic heterocycles. The summed E-state index contributed by atoms with van der Waals surface area (Å²) < 4.78 is 0. The Bertz CT molecular complexity index is 1060. The molecule has 3 aromatic rings. The SMILES string of the molecule is Cc1cc2c(c3cc[nH]c13)C(N1CCCC[C@H]1c1ccc(C(=O)O)cc1)CCS2. The summed E-state index contributed by atoms with van der Waals surface area (Å²) >= 11 is 1.99. The van der Waals surface area contributed by atoms with Crippen LogP contribution < -0.4 is 0 Å². The number of nitrogens with zero attached hydrogens (tertiary/aromatic N) is 1. The van der Waals surface area contributed by atoms with Crippen LogP contribution in [0.15, 0.2) is 47.5 Å². The minimum absolute atomic E-state index is 0.350. The van der Waals surface area contributed by atoms with Gasteiger partial charge in [-0.1, -0.05) is 18.6 Å². The minimum Gasteiger partial charge on any atom is -0.478 e. The second-order valence-electron chi connectivity index (χ2n) is 8.20. The van der Waals surface area contributed by atoms with Crippen LogP contribution in [0.25, 0.3) is 10.9 Å². The van der Waals surface area contributed by atoms with Crippen LogP contribution in [0.5, 0.6) is 0 Å². The van der Waals surface area contributed by atoms with E-state index in [2.05, 4.69) is 35.1 Å². The summed E-state index contributed by atoms with van der Waals surface area (Å²) in [6, 6.07) is 12.9. The van der Waals surface area contributed by atoms with Crippen LogP contribution in [0.2, 0.25) is 0 Å². The van der Waals surface area contributed by atoms with Crippen molar-refractivity contribution < 1.29 is 9.90 Å². The lowest BCUT2D eigenvalue weighted by molar-refractivity contribution is 0.0696.